The molecule has 0 aliphatic carbocycles. The van der Waals surface area contributed by atoms with Gasteiger partial charge < -0.3 is 14.4 Å². The van der Waals surface area contributed by atoms with Gasteiger partial charge in [0, 0.05) is 5.56 Å². The number of aromatic nitrogens is 1. The first-order valence-electron chi connectivity index (χ1n) is 10.0. The standard InChI is InChI=1S/C23H21N3O5S/c1-3-30-22(29)20-14(2)24-23(32-20)25-21(28)16-10-8-15(9-11-16)12-26-17-6-4-5-7-18(17)31-13-19(26)27/h4-11H,3,12-13H2,1-2H3,(H,24,25,28). The van der Waals surface area contributed by atoms with E-state index in [4.69, 9.17) is 9.47 Å². The van der Waals surface area contributed by atoms with Crippen molar-refractivity contribution in [3.05, 3.63) is 70.2 Å². The summed E-state index contributed by atoms with van der Waals surface area (Å²) in [5.41, 5.74) is 2.55. The fraction of sp³-hybridized carbons (Fsp3) is 0.217. The largest absolute Gasteiger partial charge is 0.482 e. The maximum atomic E-state index is 12.6. The zero-order chi connectivity index (χ0) is 22.7. The van der Waals surface area contributed by atoms with Crippen molar-refractivity contribution in [2.24, 2.45) is 0 Å². The third-order valence-electron chi connectivity index (χ3n) is 4.84. The molecule has 1 N–H and O–H groups in total. The highest BCUT2D eigenvalue weighted by molar-refractivity contribution is 7.17. The second-order valence-electron chi connectivity index (χ2n) is 7.04. The van der Waals surface area contributed by atoms with E-state index in [-0.39, 0.29) is 25.0 Å². The Balaban J connectivity index is 1.44. The van der Waals surface area contributed by atoms with E-state index >= 15 is 0 Å². The molecule has 164 valence electrons. The Kier molecular flexibility index (Phi) is 6.18. The number of rotatable bonds is 6. The van der Waals surface area contributed by atoms with Crippen LogP contribution in [0.1, 0.15) is 38.2 Å². The highest BCUT2D eigenvalue weighted by Crippen LogP contribution is 2.32. The van der Waals surface area contributed by atoms with Crippen molar-refractivity contribution >= 4 is 39.9 Å². The molecule has 0 bridgehead atoms. The van der Waals surface area contributed by atoms with E-state index in [0.717, 1.165) is 22.6 Å². The van der Waals surface area contributed by atoms with Gasteiger partial charge in [-0.25, -0.2) is 9.78 Å². The smallest absolute Gasteiger partial charge is 0.350 e. The first kappa shape index (κ1) is 21.5. The lowest BCUT2D eigenvalue weighted by molar-refractivity contribution is -0.121. The van der Waals surface area contributed by atoms with E-state index < -0.39 is 5.97 Å². The number of esters is 1. The number of fused-ring (bicyclic) bond motifs is 1. The third-order valence-corrected chi connectivity index (χ3v) is 5.90. The van der Waals surface area contributed by atoms with Crippen LogP contribution < -0.4 is 15.0 Å². The molecule has 2 heterocycles. The van der Waals surface area contributed by atoms with Crippen LogP contribution in [0.4, 0.5) is 10.8 Å². The number of ether oxygens (including phenoxy) is 2. The molecule has 0 saturated heterocycles. The van der Waals surface area contributed by atoms with Gasteiger partial charge in [0.2, 0.25) is 0 Å². The molecule has 0 unspecified atom stereocenters. The number of hydrogen-bond donors (Lipinski definition) is 1. The third kappa shape index (κ3) is 4.47. The summed E-state index contributed by atoms with van der Waals surface area (Å²) >= 11 is 1.08. The van der Waals surface area contributed by atoms with Crippen LogP contribution in [0, 0.1) is 6.92 Å². The molecule has 0 radical (unpaired) electrons. The number of amides is 2. The number of aryl methyl sites for hydroxylation is 1. The number of carbonyl (C=O) groups is 3. The molecule has 1 aliphatic rings. The van der Waals surface area contributed by atoms with Gasteiger partial charge >= 0.3 is 5.97 Å². The Labute approximate surface area is 188 Å². The average Bonchev–Trinajstić information content (AvgIpc) is 3.16. The maximum absolute atomic E-state index is 12.6. The normalized spacial score (nSPS) is 12.7. The number of para-hydroxylation sites is 2. The number of hydrogen-bond acceptors (Lipinski definition) is 7. The first-order chi connectivity index (χ1) is 15.5. The summed E-state index contributed by atoms with van der Waals surface area (Å²) in [4.78, 5) is 43.2. The van der Waals surface area contributed by atoms with E-state index in [1.165, 1.54) is 0 Å². The van der Waals surface area contributed by atoms with Crippen LogP contribution in [0.15, 0.2) is 48.5 Å². The van der Waals surface area contributed by atoms with Gasteiger partial charge in [-0.3, -0.25) is 14.9 Å². The van der Waals surface area contributed by atoms with Gasteiger partial charge in [0.15, 0.2) is 11.7 Å². The quantitative estimate of drug-likeness (QED) is 0.573. The minimum atomic E-state index is -0.452. The second kappa shape index (κ2) is 9.19. The molecule has 3 aromatic rings. The Morgan fingerprint density at radius 3 is 2.69 bits per heavy atom. The number of benzene rings is 2. The predicted octanol–water partition coefficient (Wildman–Crippen LogP) is 3.81. The molecule has 0 spiro atoms. The fourth-order valence-electron chi connectivity index (χ4n) is 3.28. The molecule has 0 saturated carbocycles. The summed E-state index contributed by atoms with van der Waals surface area (Å²) in [7, 11) is 0. The SMILES string of the molecule is CCOC(=O)c1sc(NC(=O)c2ccc(CN3C(=O)COc4ccccc43)cc2)nc1C. The predicted molar refractivity (Wildman–Crippen MR) is 120 cm³/mol. The van der Waals surface area contributed by atoms with Gasteiger partial charge in [-0.05, 0) is 43.7 Å². The average molecular weight is 452 g/mol. The second-order valence-corrected chi connectivity index (χ2v) is 8.04. The number of nitrogens with one attached hydrogen (secondary N) is 1. The molecule has 4 rings (SSSR count). The van der Waals surface area contributed by atoms with Crippen molar-refractivity contribution < 1.29 is 23.9 Å². The number of thiazole rings is 1. The number of nitrogens with zero attached hydrogens (tertiary/aromatic N) is 2. The highest BCUT2D eigenvalue weighted by Gasteiger charge is 2.25. The van der Waals surface area contributed by atoms with Crippen molar-refractivity contribution in [3.8, 4) is 5.75 Å². The lowest BCUT2D eigenvalue weighted by Gasteiger charge is -2.29. The minimum absolute atomic E-state index is 0.00147. The molecule has 0 fully saturated rings. The van der Waals surface area contributed by atoms with Gasteiger partial charge in [0.05, 0.1) is 24.5 Å². The molecule has 2 aromatic carbocycles. The zero-order valence-electron chi connectivity index (χ0n) is 17.6. The van der Waals surface area contributed by atoms with Crippen molar-refractivity contribution in [2.75, 3.05) is 23.4 Å². The molecule has 1 aliphatic heterocycles. The van der Waals surface area contributed by atoms with Crippen LogP contribution in [-0.2, 0) is 16.1 Å². The molecule has 9 heteroatoms. The summed E-state index contributed by atoms with van der Waals surface area (Å²) < 4.78 is 10.5. The zero-order valence-corrected chi connectivity index (χ0v) is 18.4. The van der Waals surface area contributed by atoms with Crippen LogP contribution in [0.25, 0.3) is 0 Å². The summed E-state index contributed by atoms with van der Waals surface area (Å²) in [6.45, 7) is 4.06. The van der Waals surface area contributed by atoms with Gasteiger partial charge in [-0.1, -0.05) is 35.6 Å². The van der Waals surface area contributed by atoms with Crippen molar-refractivity contribution in [1.82, 2.24) is 4.98 Å². The Morgan fingerprint density at radius 1 is 1.19 bits per heavy atom. The van der Waals surface area contributed by atoms with Gasteiger partial charge in [-0.15, -0.1) is 0 Å². The molecule has 32 heavy (non-hydrogen) atoms. The van der Waals surface area contributed by atoms with Crippen LogP contribution in [-0.4, -0.2) is 36.0 Å². The van der Waals surface area contributed by atoms with Gasteiger partial charge in [0.1, 0.15) is 10.6 Å². The summed E-state index contributed by atoms with van der Waals surface area (Å²) in [6, 6.07) is 14.4. The Hall–Kier alpha value is -3.72. The van der Waals surface area contributed by atoms with Crippen molar-refractivity contribution in [1.29, 1.82) is 0 Å². The van der Waals surface area contributed by atoms with Crippen LogP contribution in [0.2, 0.25) is 0 Å². The first-order valence-corrected chi connectivity index (χ1v) is 10.8. The maximum Gasteiger partial charge on any atom is 0.350 e. The lowest BCUT2D eigenvalue weighted by Crippen LogP contribution is -2.38. The summed E-state index contributed by atoms with van der Waals surface area (Å²) in [5.74, 6) is -0.244. The Bertz CT molecular complexity index is 1170. The van der Waals surface area contributed by atoms with E-state index in [1.54, 1.807) is 43.0 Å². The number of anilines is 2. The van der Waals surface area contributed by atoms with Crippen LogP contribution in [0.3, 0.4) is 0 Å². The van der Waals surface area contributed by atoms with E-state index in [1.807, 2.05) is 24.3 Å². The van der Waals surface area contributed by atoms with Gasteiger partial charge in [-0.2, -0.15) is 0 Å². The van der Waals surface area contributed by atoms with E-state index in [9.17, 15) is 14.4 Å². The Morgan fingerprint density at radius 2 is 1.94 bits per heavy atom. The number of carbonyl (C=O) groups excluding carboxylic acids is 3. The van der Waals surface area contributed by atoms with E-state index in [2.05, 4.69) is 10.3 Å². The van der Waals surface area contributed by atoms with Crippen molar-refractivity contribution in [2.45, 2.75) is 20.4 Å². The lowest BCUT2D eigenvalue weighted by atomic mass is 10.1. The van der Waals surface area contributed by atoms with E-state index in [0.29, 0.717) is 33.6 Å². The van der Waals surface area contributed by atoms with Gasteiger partial charge in [0.25, 0.3) is 11.8 Å². The molecule has 2 amide bonds. The van der Waals surface area contributed by atoms with Crippen LogP contribution in [0.5, 0.6) is 5.75 Å². The topological polar surface area (TPSA) is 97.8 Å². The summed E-state index contributed by atoms with van der Waals surface area (Å²) in [6.07, 6.45) is 0. The highest BCUT2D eigenvalue weighted by atomic mass is 32.1. The molecule has 8 nitrogen and oxygen atoms in total. The molecule has 0 atom stereocenters. The molecular formula is C23H21N3O5S. The van der Waals surface area contributed by atoms with Crippen molar-refractivity contribution in [3.63, 3.8) is 0 Å². The fourth-order valence-corrected chi connectivity index (χ4v) is 4.13. The summed E-state index contributed by atoms with van der Waals surface area (Å²) in [5, 5.41) is 3.05. The van der Waals surface area contributed by atoms with Crippen LogP contribution >= 0.6 is 11.3 Å². The monoisotopic (exact) mass is 451 g/mol. The molecular weight excluding hydrogens is 430 g/mol. The molecule has 1 aromatic heterocycles. The minimum Gasteiger partial charge on any atom is -0.482 e.